The Bertz CT molecular complexity index is 1930. The second kappa shape index (κ2) is 16.2. The number of hydrogen-bond donors (Lipinski definition) is 2. The van der Waals surface area contributed by atoms with Crippen LogP contribution < -0.4 is 31.1 Å². The average molecular weight is 732 g/mol. The fourth-order valence-corrected chi connectivity index (χ4v) is 7.06. The number of anilines is 6. The Morgan fingerprint density at radius 2 is 0.904 bits per heavy atom. The molecule has 0 atom stereocenters. The van der Waals surface area contributed by atoms with Gasteiger partial charge in [0.2, 0.25) is 11.2 Å². The lowest BCUT2D eigenvalue weighted by Gasteiger charge is -2.37. The van der Waals surface area contributed by atoms with E-state index in [-0.39, 0.29) is 11.2 Å². The number of hydrogen-bond acceptors (Lipinski definition) is 10. The highest BCUT2D eigenvalue weighted by Gasteiger charge is 2.22. The van der Waals surface area contributed by atoms with Crippen molar-refractivity contribution in [3.05, 3.63) is 132 Å². The van der Waals surface area contributed by atoms with Crippen LogP contribution in [-0.2, 0) is 0 Å². The van der Waals surface area contributed by atoms with Crippen LogP contribution in [-0.4, -0.2) is 72.3 Å². The molecule has 52 heavy (non-hydrogen) atoms. The molecule has 12 heteroatoms. The van der Waals surface area contributed by atoms with Crippen molar-refractivity contribution in [2.75, 3.05) is 83.4 Å². The standard InChI is InChI=1S/C20H18Cl2N4.C20H22N6/c2*21-19-18(14-23-20(22)24-19)26-11-9-25(10-12-26)17-8-4-7-16(13-17)15-5-2-1-3-6-15/h1-8,13-14H,9-12H2;1-8,13-14H,9-12H2,(H4,21,22,23,24). The van der Waals surface area contributed by atoms with E-state index in [9.17, 15) is 0 Å². The van der Waals surface area contributed by atoms with E-state index in [0.717, 1.165) is 63.7 Å². The van der Waals surface area contributed by atoms with E-state index in [1.165, 1.54) is 33.6 Å². The van der Waals surface area contributed by atoms with Crippen LogP contribution in [0.3, 0.4) is 0 Å². The van der Waals surface area contributed by atoms with Crippen LogP contribution in [0.4, 0.5) is 34.5 Å². The highest BCUT2D eigenvalue weighted by atomic mass is 35.5. The molecule has 2 fully saturated rings. The zero-order valence-corrected chi connectivity index (χ0v) is 30.2. The number of benzene rings is 4. The molecule has 0 aliphatic carbocycles. The van der Waals surface area contributed by atoms with Crippen molar-refractivity contribution >= 4 is 57.7 Å². The molecule has 6 aromatic rings. The molecule has 10 nitrogen and oxygen atoms in total. The Morgan fingerprint density at radius 1 is 0.462 bits per heavy atom. The second-order valence-corrected chi connectivity index (χ2v) is 13.3. The topological polar surface area (TPSA) is 117 Å². The molecule has 0 radical (unpaired) electrons. The van der Waals surface area contributed by atoms with Crippen molar-refractivity contribution in [1.82, 2.24) is 19.9 Å². The first-order chi connectivity index (χ1) is 25.4. The molecule has 2 aromatic heterocycles. The van der Waals surface area contributed by atoms with E-state index in [2.05, 4.69) is 137 Å². The number of piperazine rings is 2. The van der Waals surface area contributed by atoms with Gasteiger partial charge in [-0.3, -0.25) is 0 Å². The lowest BCUT2D eigenvalue weighted by Crippen LogP contribution is -2.46. The van der Waals surface area contributed by atoms with Gasteiger partial charge in [-0.25, -0.2) is 15.0 Å². The third-order valence-corrected chi connectivity index (χ3v) is 9.85. The number of aromatic nitrogens is 4. The largest absolute Gasteiger partial charge is 0.382 e. The van der Waals surface area contributed by atoms with Gasteiger partial charge in [0.1, 0.15) is 0 Å². The molecule has 264 valence electrons. The monoisotopic (exact) mass is 730 g/mol. The van der Waals surface area contributed by atoms with Crippen LogP contribution in [0.15, 0.2) is 122 Å². The molecule has 4 heterocycles. The summed E-state index contributed by atoms with van der Waals surface area (Å²) in [4.78, 5) is 25.4. The summed E-state index contributed by atoms with van der Waals surface area (Å²) in [6.07, 6.45) is 3.41. The Kier molecular flexibility index (Phi) is 10.8. The summed E-state index contributed by atoms with van der Waals surface area (Å²) in [6.45, 7) is 7.12. The average Bonchev–Trinajstić information content (AvgIpc) is 3.19. The molecule has 0 amide bonds. The van der Waals surface area contributed by atoms with Gasteiger partial charge in [0, 0.05) is 63.7 Å². The highest BCUT2D eigenvalue weighted by Crippen LogP contribution is 2.30. The first-order valence-corrected chi connectivity index (χ1v) is 18.0. The summed E-state index contributed by atoms with van der Waals surface area (Å²) in [5, 5.41) is 0.583. The SMILES string of the molecule is Clc1ncc(N2CCN(c3cccc(-c4ccccc4)c3)CC2)c(Cl)n1.Nc1ncc(N2CCN(c3cccc(-c4ccccc4)c3)CC2)c(N)n1. The summed E-state index contributed by atoms with van der Waals surface area (Å²) < 4.78 is 0. The number of nitrogen functional groups attached to an aromatic ring is 2. The van der Waals surface area contributed by atoms with Crippen LogP contribution >= 0.6 is 23.2 Å². The van der Waals surface area contributed by atoms with E-state index in [1.54, 1.807) is 12.4 Å². The lowest BCUT2D eigenvalue weighted by atomic mass is 10.0. The predicted octanol–water partition coefficient (Wildman–Crippen LogP) is 7.41. The van der Waals surface area contributed by atoms with Crippen LogP contribution in [0.2, 0.25) is 10.4 Å². The van der Waals surface area contributed by atoms with E-state index in [1.807, 2.05) is 12.1 Å². The smallest absolute Gasteiger partial charge is 0.223 e. The second-order valence-electron chi connectivity index (χ2n) is 12.6. The molecule has 0 bridgehead atoms. The minimum Gasteiger partial charge on any atom is -0.382 e. The van der Waals surface area contributed by atoms with Crippen molar-refractivity contribution in [2.45, 2.75) is 0 Å². The predicted molar refractivity (Wildman–Crippen MR) is 216 cm³/mol. The Morgan fingerprint density at radius 3 is 1.38 bits per heavy atom. The fraction of sp³-hybridized carbons (Fsp3) is 0.200. The van der Waals surface area contributed by atoms with Crippen molar-refractivity contribution < 1.29 is 0 Å². The molecule has 0 spiro atoms. The lowest BCUT2D eigenvalue weighted by molar-refractivity contribution is 0.652. The molecule has 4 aromatic carbocycles. The normalized spacial score (nSPS) is 14.5. The van der Waals surface area contributed by atoms with Gasteiger partial charge in [0.25, 0.3) is 0 Å². The Labute approximate surface area is 314 Å². The van der Waals surface area contributed by atoms with Crippen LogP contribution in [0.25, 0.3) is 22.3 Å². The first-order valence-electron chi connectivity index (χ1n) is 17.3. The molecule has 4 N–H and O–H groups in total. The van der Waals surface area contributed by atoms with E-state index >= 15 is 0 Å². The van der Waals surface area contributed by atoms with Crippen LogP contribution in [0.1, 0.15) is 0 Å². The molecule has 2 saturated heterocycles. The van der Waals surface area contributed by atoms with Crippen LogP contribution in [0.5, 0.6) is 0 Å². The minimum absolute atomic E-state index is 0.176. The van der Waals surface area contributed by atoms with Gasteiger partial charge in [0.05, 0.1) is 23.8 Å². The Hall–Kier alpha value is -5.58. The number of halogens is 2. The molecule has 0 saturated carbocycles. The number of nitrogens with two attached hydrogens (primary N) is 2. The summed E-state index contributed by atoms with van der Waals surface area (Å²) in [5.74, 6) is 0.652. The quantitative estimate of drug-likeness (QED) is 0.133. The first kappa shape index (κ1) is 34.9. The van der Waals surface area contributed by atoms with E-state index < -0.39 is 0 Å². The van der Waals surface area contributed by atoms with Crippen molar-refractivity contribution in [1.29, 1.82) is 0 Å². The number of rotatable bonds is 6. The third kappa shape index (κ3) is 8.30. The zero-order chi connectivity index (χ0) is 35.9. The van der Waals surface area contributed by atoms with Crippen molar-refractivity contribution in [2.24, 2.45) is 0 Å². The molecule has 2 aliphatic rings. The van der Waals surface area contributed by atoms with Gasteiger partial charge in [-0.05, 0) is 58.1 Å². The van der Waals surface area contributed by atoms with Gasteiger partial charge in [0.15, 0.2) is 11.0 Å². The van der Waals surface area contributed by atoms with Gasteiger partial charge in [-0.1, -0.05) is 96.5 Å². The maximum atomic E-state index is 6.21. The van der Waals surface area contributed by atoms with Gasteiger partial charge in [-0.15, -0.1) is 0 Å². The summed E-state index contributed by atoms with van der Waals surface area (Å²) in [7, 11) is 0. The maximum absolute atomic E-state index is 6.21. The molecule has 2 aliphatic heterocycles. The number of nitrogens with zero attached hydrogens (tertiary/aromatic N) is 8. The van der Waals surface area contributed by atoms with Crippen LogP contribution in [0, 0.1) is 0 Å². The van der Waals surface area contributed by atoms with Gasteiger partial charge in [-0.2, -0.15) is 4.98 Å². The summed E-state index contributed by atoms with van der Waals surface area (Å²) in [5.41, 5.74) is 20.7. The molecular formula is C40H40Cl2N10. The van der Waals surface area contributed by atoms with Gasteiger partial charge >= 0.3 is 0 Å². The van der Waals surface area contributed by atoms with E-state index in [0.29, 0.717) is 11.0 Å². The van der Waals surface area contributed by atoms with Crippen molar-refractivity contribution in [3.8, 4) is 22.3 Å². The van der Waals surface area contributed by atoms with E-state index in [4.69, 9.17) is 34.7 Å². The molecular weight excluding hydrogens is 691 g/mol. The summed E-state index contributed by atoms with van der Waals surface area (Å²) in [6, 6.07) is 38.3. The third-order valence-electron chi connectivity index (χ3n) is 9.39. The molecule has 0 unspecified atom stereocenters. The summed E-state index contributed by atoms with van der Waals surface area (Å²) >= 11 is 12.0. The zero-order valence-electron chi connectivity index (χ0n) is 28.7. The maximum Gasteiger partial charge on any atom is 0.223 e. The molecule has 8 rings (SSSR count). The fourth-order valence-electron chi connectivity index (χ4n) is 6.63. The minimum atomic E-state index is 0.176. The van der Waals surface area contributed by atoms with Gasteiger partial charge < -0.3 is 31.1 Å². The Balaban J connectivity index is 0.000000162. The van der Waals surface area contributed by atoms with Crippen molar-refractivity contribution in [3.63, 3.8) is 0 Å². The highest BCUT2D eigenvalue weighted by molar-refractivity contribution is 6.33.